The first-order valence-corrected chi connectivity index (χ1v) is 24.1. The highest BCUT2D eigenvalue weighted by atomic mass is 16.7. The summed E-state index contributed by atoms with van der Waals surface area (Å²) in [6.07, 6.45) is -14.0. The van der Waals surface area contributed by atoms with Crippen molar-refractivity contribution >= 4 is 41.6 Å². The number of ether oxygens (including phenoxy) is 8. The second kappa shape index (κ2) is 23.8. The molecule has 0 amide bonds. The SMILES string of the molecule is CN(C)c1nn(C2OC(COC(=O)c3ccccc3)C(OC(=O)c3ccccc3)C2OC(=O)c2ccccc2)c(=O)n(C2OC(COC(=O)c3ccccc3)C(OC(=O)c3ccccc3)C2OC(=O)c2ccccc2)c1=O. The van der Waals surface area contributed by atoms with E-state index in [0.717, 1.165) is 0 Å². The average molecular weight is 1050 g/mol. The Hall–Kier alpha value is -9.53. The molecular weight excluding hydrogens is 997 g/mol. The van der Waals surface area contributed by atoms with Crippen molar-refractivity contribution in [3.8, 4) is 0 Å². The minimum absolute atomic E-state index is 0.0179. The van der Waals surface area contributed by atoms with Gasteiger partial charge in [0, 0.05) is 14.1 Å². The van der Waals surface area contributed by atoms with Gasteiger partial charge in [-0.1, -0.05) is 109 Å². The second-order valence-electron chi connectivity index (χ2n) is 17.6. The molecule has 0 spiro atoms. The predicted octanol–water partition coefficient (Wildman–Crippen LogP) is 5.88. The lowest BCUT2D eigenvalue weighted by Crippen LogP contribution is -2.51. The van der Waals surface area contributed by atoms with Gasteiger partial charge in [-0.15, -0.1) is 5.10 Å². The standard InChI is InChI=1S/C57H48N4O16/c1-59(2)47-48(62)60(49-45(76-55(67)39-29-17-7-18-30-39)43(74-53(65)37-25-13-5-14-26-37)41(72-49)33-70-51(63)35-21-9-3-10-22-35)57(69)61(58-47)50-46(77-56(68)40-31-19-8-20-32-40)44(75-54(66)38-27-15-6-16-28-38)42(73-50)34-71-52(64)36-23-11-4-12-24-36/h3-32,41-46,49-50H,33-34H2,1-2H3. The summed E-state index contributed by atoms with van der Waals surface area (Å²) >= 11 is 0. The van der Waals surface area contributed by atoms with E-state index in [1.165, 1.54) is 91.8 Å². The van der Waals surface area contributed by atoms with E-state index < -0.39 is 115 Å². The number of esters is 6. The Labute approximate surface area is 438 Å². The van der Waals surface area contributed by atoms with Crippen molar-refractivity contribution < 1.29 is 66.7 Å². The molecule has 7 aromatic rings. The van der Waals surface area contributed by atoms with E-state index in [1.54, 1.807) is 109 Å². The maximum Gasteiger partial charge on any atom is 0.352 e. The van der Waals surface area contributed by atoms with Gasteiger partial charge in [0.25, 0.3) is 0 Å². The summed E-state index contributed by atoms with van der Waals surface area (Å²) in [6, 6.07) is 46.8. The number of benzene rings is 6. The van der Waals surface area contributed by atoms with Crippen LogP contribution in [0.4, 0.5) is 5.82 Å². The number of anilines is 1. The van der Waals surface area contributed by atoms with Crippen LogP contribution in [-0.2, 0) is 37.9 Å². The highest BCUT2D eigenvalue weighted by Crippen LogP contribution is 2.37. The zero-order chi connectivity index (χ0) is 54.0. The van der Waals surface area contributed by atoms with Crippen molar-refractivity contribution in [3.05, 3.63) is 236 Å². The molecule has 77 heavy (non-hydrogen) atoms. The zero-order valence-corrected chi connectivity index (χ0v) is 41.2. The molecule has 392 valence electrons. The number of carbonyl (C=O) groups is 6. The monoisotopic (exact) mass is 1040 g/mol. The van der Waals surface area contributed by atoms with Gasteiger partial charge in [0.2, 0.25) is 5.82 Å². The van der Waals surface area contributed by atoms with Crippen molar-refractivity contribution in [3.63, 3.8) is 0 Å². The van der Waals surface area contributed by atoms with Gasteiger partial charge >= 0.3 is 47.1 Å². The number of aromatic nitrogens is 3. The summed E-state index contributed by atoms with van der Waals surface area (Å²) < 4.78 is 49.9. The summed E-state index contributed by atoms with van der Waals surface area (Å²) in [6.45, 7) is -1.32. The lowest BCUT2D eigenvalue weighted by atomic mass is 10.1. The average Bonchev–Trinajstić information content (AvgIpc) is 3.97. The van der Waals surface area contributed by atoms with Crippen LogP contribution in [0.3, 0.4) is 0 Å². The molecule has 20 heteroatoms. The third kappa shape index (κ3) is 11.9. The molecule has 9 rings (SSSR count). The van der Waals surface area contributed by atoms with Crippen molar-refractivity contribution in [2.75, 3.05) is 32.2 Å². The number of nitrogens with zero attached hydrogens (tertiary/aromatic N) is 4. The number of hydrogen-bond acceptors (Lipinski definition) is 18. The molecule has 1 aromatic heterocycles. The molecule has 0 bridgehead atoms. The molecule has 2 saturated heterocycles. The molecule has 0 saturated carbocycles. The molecular formula is C57H48N4O16. The molecule has 2 fully saturated rings. The predicted molar refractivity (Wildman–Crippen MR) is 271 cm³/mol. The van der Waals surface area contributed by atoms with Crippen LogP contribution in [0.2, 0.25) is 0 Å². The minimum Gasteiger partial charge on any atom is -0.459 e. The first-order valence-electron chi connectivity index (χ1n) is 24.1. The molecule has 0 radical (unpaired) electrons. The van der Waals surface area contributed by atoms with Gasteiger partial charge in [-0.2, -0.15) is 4.68 Å². The Bertz CT molecular complexity index is 3350. The van der Waals surface area contributed by atoms with Gasteiger partial charge in [0.05, 0.1) is 33.4 Å². The number of rotatable bonds is 17. The van der Waals surface area contributed by atoms with Crippen molar-refractivity contribution in [2.24, 2.45) is 0 Å². The van der Waals surface area contributed by atoms with Gasteiger partial charge in [0.1, 0.15) is 25.4 Å². The maximum absolute atomic E-state index is 15.6. The number of hydrogen-bond donors (Lipinski definition) is 0. The lowest BCUT2D eigenvalue weighted by Gasteiger charge is -2.27. The van der Waals surface area contributed by atoms with Gasteiger partial charge in [-0.25, -0.2) is 38.1 Å². The first kappa shape index (κ1) is 52.3. The van der Waals surface area contributed by atoms with Crippen LogP contribution in [0.5, 0.6) is 0 Å². The van der Waals surface area contributed by atoms with Crippen LogP contribution in [0, 0.1) is 0 Å². The summed E-state index contributed by atoms with van der Waals surface area (Å²) in [5.41, 5.74) is -1.98. The Morgan fingerprint density at radius 2 is 0.714 bits per heavy atom. The molecule has 3 heterocycles. The van der Waals surface area contributed by atoms with Crippen LogP contribution >= 0.6 is 0 Å². The molecule has 6 aromatic carbocycles. The molecule has 2 aliphatic heterocycles. The lowest BCUT2D eigenvalue weighted by molar-refractivity contribution is -0.0803. The van der Waals surface area contributed by atoms with Gasteiger partial charge in [0.15, 0.2) is 36.9 Å². The Morgan fingerprint density at radius 1 is 0.429 bits per heavy atom. The third-order valence-electron chi connectivity index (χ3n) is 12.3. The fraction of sp³-hybridized carbons (Fsp3) is 0.211. The molecule has 20 nitrogen and oxygen atoms in total. The fourth-order valence-electron chi connectivity index (χ4n) is 8.48. The van der Waals surface area contributed by atoms with Crippen LogP contribution in [0.15, 0.2) is 192 Å². The summed E-state index contributed by atoms with van der Waals surface area (Å²) in [4.78, 5) is 115. The Kier molecular flexibility index (Phi) is 16.2. The normalized spacial score (nSPS) is 20.5. The van der Waals surface area contributed by atoms with E-state index >= 15 is 4.79 Å². The Balaban J connectivity index is 1.18. The number of carbonyl (C=O) groups excluding carboxylic acids is 6. The molecule has 0 N–H and O–H groups in total. The van der Waals surface area contributed by atoms with Gasteiger partial charge in [-0.3, -0.25) is 4.79 Å². The van der Waals surface area contributed by atoms with Gasteiger partial charge < -0.3 is 42.8 Å². The maximum atomic E-state index is 15.6. The summed E-state index contributed by atoms with van der Waals surface area (Å²) in [5.74, 6) is -5.91. The third-order valence-corrected chi connectivity index (χ3v) is 12.3. The highest BCUT2D eigenvalue weighted by Gasteiger charge is 2.55. The Morgan fingerprint density at radius 3 is 1.04 bits per heavy atom. The topological polar surface area (TPSA) is 236 Å². The quantitative estimate of drug-likeness (QED) is 0.0764. The van der Waals surface area contributed by atoms with Gasteiger partial charge in [-0.05, 0) is 72.8 Å². The van der Waals surface area contributed by atoms with E-state index in [0.29, 0.717) is 9.25 Å². The highest BCUT2D eigenvalue weighted by molar-refractivity contribution is 5.92. The van der Waals surface area contributed by atoms with E-state index in [2.05, 4.69) is 5.10 Å². The largest absolute Gasteiger partial charge is 0.459 e. The molecule has 8 unspecified atom stereocenters. The van der Waals surface area contributed by atoms with Crippen molar-refractivity contribution in [1.82, 2.24) is 14.3 Å². The molecule has 2 aliphatic rings. The second-order valence-corrected chi connectivity index (χ2v) is 17.6. The van der Waals surface area contributed by atoms with Crippen LogP contribution < -0.4 is 16.1 Å². The zero-order valence-electron chi connectivity index (χ0n) is 41.2. The van der Waals surface area contributed by atoms with E-state index in [9.17, 15) is 33.6 Å². The first-order chi connectivity index (χ1) is 37.4. The van der Waals surface area contributed by atoms with Crippen LogP contribution in [0.25, 0.3) is 0 Å². The fourth-order valence-corrected chi connectivity index (χ4v) is 8.48. The summed E-state index contributed by atoms with van der Waals surface area (Å²) in [5, 5.41) is 4.43. The summed E-state index contributed by atoms with van der Waals surface area (Å²) in [7, 11) is 2.86. The van der Waals surface area contributed by atoms with E-state index in [4.69, 9.17) is 37.9 Å². The molecule has 8 atom stereocenters. The van der Waals surface area contributed by atoms with E-state index in [-0.39, 0.29) is 33.4 Å². The minimum atomic E-state index is -2.01. The van der Waals surface area contributed by atoms with Crippen molar-refractivity contribution in [2.45, 2.75) is 49.1 Å². The smallest absolute Gasteiger partial charge is 0.352 e. The van der Waals surface area contributed by atoms with Crippen molar-refractivity contribution in [1.29, 1.82) is 0 Å². The molecule has 0 aliphatic carbocycles. The van der Waals surface area contributed by atoms with Crippen LogP contribution in [-0.4, -0.2) is 114 Å². The van der Waals surface area contributed by atoms with E-state index in [1.807, 2.05) is 0 Å². The van der Waals surface area contributed by atoms with Crippen LogP contribution in [0.1, 0.15) is 74.6 Å².